The minimum Gasteiger partial charge on any atom is -0.360 e. The van der Waals surface area contributed by atoms with Crippen molar-refractivity contribution in [2.75, 3.05) is 6.61 Å². The van der Waals surface area contributed by atoms with E-state index >= 15 is 0 Å². The summed E-state index contributed by atoms with van der Waals surface area (Å²) in [5, 5.41) is 15.0. The van der Waals surface area contributed by atoms with Crippen molar-refractivity contribution in [1.29, 1.82) is 0 Å². The van der Waals surface area contributed by atoms with Gasteiger partial charge in [-0.15, -0.1) is 5.10 Å². The highest BCUT2D eigenvalue weighted by atomic mass is 28.3. The number of ether oxygens (including phenoxy) is 1. The average Bonchev–Trinajstić information content (AvgIpc) is 3.11. The van der Waals surface area contributed by atoms with Crippen LogP contribution in [0, 0.1) is 0 Å². The van der Waals surface area contributed by atoms with Gasteiger partial charge < -0.3 is 4.74 Å². The van der Waals surface area contributed by atoms with Crippen LogP contribution in [0.3, 0.4) is 0 Å². The molecule has 0 amide bonds. The highest BCUT2D eigenvalue weighted by molar-refractivity contribution is 6.76. The van der Waals surface area contributed by atoms with Gasteiger partial charge in [-0.1, -0.05) is 19.6 Å². The molecule has 3 aromatic heterocycles. The SMILES string of the molecule is C[Si](C)(C)CCOCn1nccc1-c1ncnc2n[nH]nc12. The van der Waals surface area contributed by atoms with Crippen LogP contribution in [-0.2, 0) is 11.5 Å². The standard InChI is InChI=1S/C13H19N7OSi/c1-22(2,3)7-6-21-9-20-10(4-5-16-20)11-12-13(15-8-14-11)18-19-17-12/h4-5,8H,6-7,9H2,1-3H3,(H,14,15,17,18,19). The Morgan fingerprint density at radius 1 is 1.23 bits per heavy atom. The van der Waals surface area contributed by atoms with Gasteiger partial charge in [0.1, 0.15) is 18.8 Å². The minimum absolute atomic E-state index is 0.399. The Bertz CT molecular complexity index is 761. The predicted octanol–water partition coefficient (Wildman–Crippen LogP) is 1.92. The summed E-state index contributed by atoms with van der Waals surface area (Å²) in [7, 11) is -1.08. The third-order valence-electron chi connectivity index (χ3n) is 3.29. The van der Waals surface area contributed by atoms with Crippen LogP contribution in [0.15, 0.2) is 18.6 Å². The smallest absolute Gasteiger partial charge is 0.205 e. The van der Waals surface area contributed by atoms with E-state index in [-0.39, 0.29) is 0 Å². The van der Waals surface area contributed by atoms with E-state index in [4.69, 9.17) is 4.74 Å². The molecule has 9 heteroatoms. The Balaban J connectivity index is 1.76. The van der Waals surface area contributed by atoms with Gasteiger partial charge in [-0.05, 0) is 12.1 Å². The molecule has 0 saturated heterocycles. The van der Waals surface area contributed by atoms with Crippen LogP contribution in [0.25, 0.3) is 22.6 Å². The fourth-order valence-electron chi connectivity index (χ4n) is 2.03. The predicted molar refractivity (Wildman–Crippen MR) is 84.8 cm³/mol. The van der Waals surface area contributed by atoms with Crippen molar-refractivity contribution in [3.63, 3.8) is 0 Å². The molecule has 0 aliphatic heterocycles. The first-order valence-electron chi connectivity index (χ1n) is 7.16. The summed E-state index contributed by atoms with van der Waals surface area (Å²) >= 11 is 0. The number of aromatic nitrogens is 7. The largest absolute Gasteiger partial charge is 0.360 e. The van der Waals surface area contributed by atoms with E-state index in [9.17, 15) is 0 Å². The van der Waals surface area contributed by atoms with Crippen LogP contribution >= 0.6 is 0 Å². The third-order valence-corrected chi connectivity index (χ3v) is 4.99. The summed E-state index contributed by atoms with van der Waals surface area (Å²) in [4.78, 5) is 8.38. The molecular formula is C13H19N7OSi. The molecular weight excluding hydrogens is 298 g/mol. The molecule has 116 valence electrons. The molecule has 3 rings (SSSR count). The zero-order valence-corrected chi connectivity index (χ0v) is 13.9. The molecule has 0 atom stereocenters. The zero-order chi connectivity index (χ0) is 15.6. The van der Waals surface area contributed by atoms with Crippen LogP contribution in [-0.4, -0.2) is 49.8 Å². The second kappa shape index (κ2) is 5.93. The normalized spacial score (nSPS) is 12.1. The molecule has 1 N–H and O–H groups in total. The van der Waals surface area contributed by atoms with Gasteiger partial charge in [-0.3, -0.25) is 0 Å². The van der Waals surface area contributed by atoms with Crippen molar-refractivity contribution < 1.29 is 4.74 Å². The van der Waals surface area contributed by atoms with Crippen molar-refractivity contribution in [1.82, 2.24) is 35.2 Å². The number of fused-ring (bicyclic) bond motifs is 1. The second-order valence-electron chi connectivity index (χ2n) is 6.28. The maximum Gasteiger partial charge on any atom is 0.205 e. The van der Waals surface area contributed by atoms with Crippen molar-refractivity contribution in [2.45, 2.75) is 32.4 Å². The Morgan fingerprint density at radius 3 is 2.91 bits per heavy atom. The van der Waals surface area contributed by atoms with Gasteiger partial charge in [-0.25, -0.2) is 14.6 Å². The average molecular weight is 317 g/mol. The highest BCUT2D eigenvalue weighted by Gasteiger charge is 2.15. The van der Waals surface area contributed by atoms with Gasteiger partial charge in [0.25, 0.3) is 0 Å². The lowest BCUT2D eigenvalue weighted by molar-refractivity contribution is 0.0797. The molecule has 0 aromatic carbocycles. The Kier molecular flexibility index (Phi) is 3.99. The molecule has 3 heterocycles. The van der Waals surface area contributed by atoms with Crippen LogP contribution in [0.4, 0.5) is 0 Å². The van der Waals surface area contributed by atoms with E-state index in [0.29, 0.717) is 23.6 Å². The lowest BCUT2D eigenvalue weighted by atomic mass is 10.2. The molecule has 0 fully saturated rings. The van der Waals surface area contributed by atoms with Crippen LogP contribution in [0.2, 0.25) is 25.7 Å². The van der Waals surface area contributed by atoms with E-state index in [2.05, 4.69) is 50.1 Å². The summed E-state index contributed by atoms with van der Waals surface area (Å²) in [6.45, 7) is 8.14. The van der Waals surface area contributed by atoms with E-state index in [1.807, 2.05) is 6.07 Å². The first-order valence-corrected chi connectivity index (χ1v) is 10.9. The van der Waals surface area contributed by atoms with Gasteiger partial charge in [-0.2, -0.15) is 15.4 Å². The van der Waals surface area contributed by atoms with Crippen molar-refractivity contribution in [3.05, 3.63) is 18.6 Å². The summed E-state index contributed by atoms with van der Waals surface area (Å²) in [6, 6.07) is 3.02. The molecule has 0 aliphatic rings. The van der Waals surface area contributed by atoms with E-state index < -0.39 is 8.07 Å². The summed E-state index contributed by atoms with van der Waals surface area (Å²) in [5.41, 5.74) is 2.71. The van der Waals surface area contributed by atoms with Crippen LogP contribution in [0.5, 0.6) is 0 Å². The van der Waals surface area contributed by atoms with Crippen molar-refractivity contribution >= 4 is 19.2 Å². The number of nitrogens with one attached hydrogen (secondary N) is 1. The number of H-pyrrole nitrogens is 1. The maximum absolute atomic E-state index is 5.76. The van der Waals surface area contributed by atoms with Crippen LogP contribution < -0.4 is 0 Å². The monoisotopic (exact) mass is 317 g/mol. The highest BCUT2D eigenvalue weighted by Crippen LogP contribution is 2.22. The summed E-state index contributed by atoms with van der Waals surface area (Å²) < 4.78 is 7.54. The van der Waals surface area contributed by atoms with Gasteiger partial charge >= 0.3 is 0 Å². The zero-order valence-electron chi connectivity index (χ0n) is 12.9. The lowest BCUT2D eigenvalue weighted by Gasteiger charge is -2.15. The molecule has 3 aromatic rings. The maximum atomic E-state index is 5.76. The molecule has 0 saturated carbocycles. The number of rotatable bonds is 6. The molecule has 8 nitrogen and oxygen atoms in total. The van der Waals surface area contributed by atoms with Gasteiger partial charge in [0.15, 0.2) is 5.52 Å². The minimum atomic E-state index is -1.08. The number of aromatic amines is 1. The van der Waals surface area contributed by atoms with E-state index in [1.54, 1.807) is 10.9 Å². The van der Waals surface area contributed by atoms with Gasteiger partial charge in [0.05, 0.1) is 5.69 Å². The first-order chi connectivity index (χ1) is 10.5. The molecule has 0 radical (unpaired) electrons. The topological polar surface area (TPSA) is 94.4 Å². The van der Waals surface area contributed by atoms with Gasteiger partial charge in [0.2, 0.25) is 5.65 Å². The molecule has 22 heavy (non-hydrogen) atoms. The van der Waals surface area contributed by atoms with Gasteiger partial charge in [0, 0.05) is 20.9 Å². The number of hydrogen-bond acceptors (Lipinski definition) is 6. The molecule has 0 aliphatic carbocycles. The second-order valence-corrected chi connectivity index (χ2v) is 11.9. The van der Waals surface area contributed by atoms with Crippen LogP contribution in [0.1, 0.15) is 0 Å². The fourth-order valence-corrected chi connectivity index (χ4v) is 2.79. The Morgan fingerprint density at radius 2 is 2.09 bits per heavy atom. The first kappa shape index (κ1) is 14.8. The van der Waals surface area contributed by atoms with Crippen molar-refractivity contribution in [3.8, 4) is 11.4 Å². The van der Waals surface area contributed by atoms with Crippen molar-refractivity contribution in [2.24, 2.45) is 0 Å². The molecule has 0 spiro atoms. The Hall–Kier alpha value is -2.13. The summed E-state index contributed by atoms with van der Waals surface area (Å²) in [5.74, 6) is 0. The lowest BCUT2D eigenvalue weighted by Crippen LogP contribution is -2.22. The summed E-state index contributed by atoms with van der Waals surface area (Å²) in [6.07, 6.45) is 3.20. The molecule has 0 bridgehead atoms. The van der Waals surface area contributed by atoms with E-state index in [1.165, 1.54) is 6.33 Å². The number of hydrogen-bond donors (Lipinski definition) is 1. The fraction of sp³-hybridized carbons (Fsp3) is 0.462. The molecule has 0 unspecified atom stereocenters. The number of nitrogens with zero attached hydrogens (tertiary/aromatic N) is 6. The quantitative estimate of drug-likeness (QED) is 0.551. The van der Waals surface area contributed by atoms with E-state index in [0.717, 1.165) is 18.3 Å². The third kappa shape index (κ3) is 3.20. The Labute approximate surface area is 128 Å².